The molecule has 1 aliphatic rings. The van der Waals surface area contributed by atoms with Gasteiger partial charge in [-0.3, -0.25) is 0 Å². The third kappa shape index (κ3) is 3.08. The fraction of sp³-hybridized carbons (Fsp3) is 0.130. The standard InChI is InChI=1S/C23H21IOSi/c1-2-26(19-12-5-3-6-13-19,20-14-7-4-8-15-20)25-23-21-16-10-9-11-18(21)17-22(23)24/h2-16,22-23H,1,17H2/t22-,23-/m1/s1. The number of fused-ring (bicyclic) bond motifs is 1. The maximum absolute atomic E-state index is 7.07. The number of benzene rings is 3. The Morgan fingerprint density at radius 3 is 1.96 bits per heavy atom. The van der Waals surface area contributed by atoms with E-state index in [9.17, 15) is 0 Å². The van der Waals surface area contributed by atoms with Gasteiger partial charge >= 0.3 is 0 Å². The van der Waals surface area contributed by atoms with Crippen molar-refractivity contribution in [3.05, 3.63) is 108 Å². The molecule has 0 N–H and O–H groups in total. The quantitative estimate of drug-likeness (QED) is 0.303. The Hall–Kier alpha value is -1.69. The third-order valence-electron chi connectivity index (χ3n) is 5.11. The van der Waals surface area contributed by atoms with Gasteiger partial charge in [-0.05, 0) is 27.9 Å². The zero-order valence-corrected chi connectivity index (χ0v) is 17.7. The van der Waals surface area contributed by atoms with Crippen LogP contribution in [0.25, 0.3) is 0 Å². The van der Waals surface area contributed by atoms with Gasteiger partial charge in [0.1, 0.15) is 0 Å². The van der Waals surface area contributed by atoms with Crippen LogP contribution < -0.4 is 10.4 Å². The molecule has 130 valence electrons. The van der Waals surface area contributed by atoms with Crippen molar-refractivity contribution in [3.63, 3.8) is 0 Å². The van der Waals surface area contributed by atoms with Crippen LogP contribution in [0.1, 0.15) is 17.2 Å². The Morgan fingerprint density at radius 1 is 0.846 bits per heavy atom. The normalized spacial score (nSPS) is 19.1. The van der Waals surface area contributed by atoms with Crippen molar-refractivity contribution < 1.29 is 4.43 Å². The van der Waals surface area contributed by atoms with Gasteiger partial charge < -0.3 is 4.43 Å². The summed E-state index contributed by atoms with van der Waals surface area (Å²) in [6, 6.07) is 29.9. The zero-order chi connectivity index (χ0) is 18.0. The highest BCUT2D eigenvalue weighted by atomic mass is 127. The third-order valence-corrected chi connectivity index (χ3v) is 9.79. The van der Waals surface area contributed by atoms with E-state index in [1.165, 1.54) is 21.5 Å². The number of rotatable bonds is 5. The molecule has 0 saturated heterocycles. The first kappa shape index (κ1) is 17.7. The summed E-state index contributed by atoms with van der Waals surface area (Å²) in [6.45, 7) is 4.24. The fourth-order valence-electron chi connectivity index (χ4n) is 3.81. The molecule has 0 fully saturated rings. The minimum Gasteiger partial charge on any atom is -0.396 e. The summed E-state index contributed by atoms with van der Waals surface area (Å²) >= 11 is 2.55. The Morgan fingerprint density at radius 2 is 1.38 bits per heavy atom. The van der Waals surface area contributed by atoms with Crippen LogP contribution in [0.5, 0.6) is 0 Å². The van der Waals surface area contributed by atoms with Gasteiger partial charge in [0.2, 0.25) is 0 Å². The molecule has 0 aromatic heterocycles. The number of alkyl halides is 1. The molecule has 2 atom stereocenters. The molecule has 3 aromatic carbocycles. The molecule has 26 heavy (non-hydrogen) atoms. The van der Waals surface area contributed by atoms with E-state index in [4.69, 9.17) is 4.43 Å². The number of halogens is 1. The van der Waals surface area contributed by atoms with Crippen LogP contribution >= 0.6 is 22.6 Å². The van der Waals surface area contributed by atoms with Crippen LogP contribution in [0.3, 0.4) is 0 Å². The lowest BCUT2D eigenvalue weighted by Crippen LogP contribution is -2.60. The highest BCUT2D eigenvalue weighted by molar-refractivity contribution is 14.1. The highest BCUT2D eigenvalue weighted by Crippen LogP contribution is 2.40. The van der Waals surface area contributed by atoms with Crippen LogP contribution in [-0.4, -0.2) is 12.2 Å². The lowest BCUT2D eigenvalue weighted by atomic mass is 10.1. The summed E-state index contributed by atoms with van der Waals surface area (Å²) in [4.78, 5) is 0. The van der Waals surface area contributed by atoms with E-state index in [2.05, 4.69) is 120 Å². The van der Waals surface area contributed by atoms with Crippen LogP contribution in [-0.2, 0) is 10.8 Å². The predicted molar refractivity (Wildman–Crippen MR) is 120 cm³/mol. The average molecular weight is 468 g/mol. The molecule has 0 aliphatic heterocycles. The minimum absolute atomic E-state index is 0.0943. The molecule has 1 aliphatic carbocycles. The van der Waals surface area contributed by atoms with E-state index < -0.39 is 8.32 Å². The van der Waals surface area contributed by atoms with Gasteiger partial charge in [-0.1, -0.05) is 113 Å². The van der Waals surface area contributed by atoms with Crippen molar-refractivity contribution in [2.45, 2.75) is 16.4 Å². The molecule has 1 nitrogen and oxygen atoms in total. The first-order valence-corrected chi connectivity index (χ1v) is 12.1. The molecule has 0 amide bonds. The van der Waals surface area contributed by atoms with Crippen LogP contribution in [0.15, 0.2) is 97.2 Å². The van der Waals surface area contributed by atoms with Crippen molar-refractivity contribution in [3.8, 4) is 0 Å². The first-order chi connectivity index (χ1) is 12.7. The van der Waals surface area contributed by atoms with Crippen LogP contribution in [0.2, 0.25) is 0 Å². The van der Waals surface area contributed by atoms with Crippen molar-refractivity contribution >= 4 is 41.3 Å². The van der Waals surface area contributed by atoms with Crippen molar-refractivity contribution in [1.82, 2.24) is 0 Å². The second-order valence-electron chi connectivity index (χ2n) is 6.63. The molecule has 0 bridgehead atoms. The predicted octanol–water partition coefficient (Wildman–Crippen LogP) is 4.59. The number of hydrogen-bond donors (Lipinski definition) is 0. The zero-order valence-electron chi connectivity index (χ0n) is 14.5. The van der Waals surface area contributed by atoms with Gasteiger partial charge in [0.05, 0.1) is 6.10 Å². The van der Waals surface area contributed by atoms with Gasteiger partial charge in [-0.25, -0.2) is 0 Å². The van der Waals surface area contributed by atoms with Gasteiger partial charge in [0, 0.05) is 3.92 Å². The summed E-state index contributed by atoms with van der Waals surface area (Å²) in [7, 11) is -2.54. The first-order valence-electron chi connectivity index (χ1n) is 8.89. The SMILES string of the molecule is C=C[Si](O[C@@H]1c2ccccc2C[C@H]1I)(c1ccccc1)c1ccccc1. The molecule has 3 aromatic rings. The Labute approximate surface area is 170 Å². The Bertz CT molecular complexity index is 855. The van der Waals surface area contributed by atoms with Crippen LogP contribution in [0, 0.1) is 0 Å². The summed E-state index contributed by atoms with van der Waals surface area (Å²) in [5, 5.41) is 2.49. The molecule has 0 unspecified atom stereocenters. The molecular weight excluding hydrogens is 447 g/mol. The van der Waals surface area contributed by atoms with Crippen molar-refractivity contribution in [2.24, 2.45) is 0 Å². The highest BCUT2D eigenvalue weighted by Gasteiger charge is 2.43. The van der Waals surface area contributed by atoms with E-state index in [1.54, 1.807) is 0 Å². The van der Waals surface area contributed by atoms with Crippen molar-refractivity contribution in [2.75, 3.05) is 0 Å². The fourth-order valence-corrected chi connectivity index (χ4v) is 8.33. The van der Waals surface area contributed by atoms with Crippen LogP contribution in [0.4, 0.5) is 0 Å². The van der Waals surface area contributed by atoms with Gasteiger partial charge in [-0.15, -0.1) is 6.58 Å². The molecule has 3 heteroatoms. The van der Waals surface area contributed by atoms with Gasteiger partial charge in [-0.2, -0.15) is 0 Å². The molecule has 0 spiro atoms. The Kier molecular flexibility index (Phi) is 5.11. The van der Waals surface area contributed by atoms with E-state index >= 15 is 0 Å². The van der Waals surface area contributed by atoms with E-state index in [-0.39, 0.29) is 6.10 Å². The van der Waals surface area contributed by atoms with Gasteiger partial charge in [0.25, 0.3) is 8.32 Å². The summed E-state index contributed by atoms with van der Waals surface area (Å²) < 4.78 is 7.51. The Balaban J connectivity index is 1.83. The second kappa shape index (κ2) is 7.51. The molecular formula is C23H21IOSi. The largest absolute Gasteiger partial charge is 0.396 e. The van der Waals surface area contributed by atoms with E-state index in [0.29, 0.717) is 3.92 Å². The summed E-state index contributed by atoms with van der Waals surface area (Å²) in [6.07, 6.45) is 1.16. The smallest absolute Gasteiger partial charge is 0.281 e. The molecule has 4 rings (SSSR count). The molecule has 0 heterocycles. The van der Waals surface area contributed by atoms with Crippen molar-refractivity contribution in [1.29, 1.82) is 0 Å². The average Bonchev–Trinajstić information content (AvgIpc) is 3.02. The van der Waals surface area contributed by atoms with E-state index in [1.807, 2.05) is 0 Å². The maximum Gasteiger partial charge on any atom is 0.281 e. The van der Waals surface area contributed by atoms with Gasteiger partial charge in [0.15, 0.2) is 0 Å². The number of hydrogen-bond acceptors (Lipinski definition) is 1. The van der Waals surface area contributed by atoms with E-state index in [0.717, 1.165) is 6.42 Å². The minimum atomic E-state index is -2.54. The summed E-state index contributed by atoms with van der Waals surface area (Å²) in [5.74, 6) is 0. The molecule has 0 radical (unpaired) electrons. The molecule has 0 saturated carbocycles. The monoisotopic (exact) mass is 468 g/mol. The topological polar surface area (TPSA) is 9.23 Å². The lowest BCUT2D eigenvalue weighted by molar-refractivity contribution is 0.219. The second-order valence-corrected chi connectivity index (χ2v) is 11.5. The maximum atomic E-state index is 7.07. The summed E-state index contributed by atoms with van der Waals surface area (Å²) in [5.41, 5.74) is 4.82. The lowest BCUT2D eigenvalue weighted by Gasteiger charge is -2.34.